The summed E-state index contributed by atoms with van der Waals surface area (Å²) in [7, 11) is -3.88. The molecule has 0 aromatic heterocycles. The number of amides is 1. The van der Waals surface area contributed by atoms with E-state index in [0.717, 1.165) is 12.1 Å². The minimum atomic E-state index is -4.80. The zero-order valence-corrected chi connectivity index (χ0v) is 17.4. The smallest absolute Gasteiger partial charge is 0.457 e. The first-order valence-corrected chi connectivity index (χ1v) is 11.1. The van der Waals surface area contributed by atoms with E-state index in [1.807, 2.05) is 0 Å². The van der Waals surface area contributed by atoms with E-state index in [9.17, 15) is 31.6 Å². The van der Waals surface area contributed by atoms with E-state index in [1.165, 1.54) is 36.4 Å². The number of hydrogen-bond donors (Lipinski definition) is 1. The molecule has 8 nitrogen and oxygen atoms in total. The van der Waals surface area contributed by atoms with Gasteiger partial charge >= 0.3 is 6.36 Å². The summed E-state index contributed by atoms with van der Waals surface area (Å²) in [5, 5.41) is 10.1. The third-order valence-electron chi connectivity index (χ3n) is 4.71. The molecule has 2 aromatic carbocycles. The van der Waals surface area contributed by atoms with Gasteiger partial charge in [-0.3, -0.25) is 10.0 Å². The predicted octanol–water partition coefficient (Wildman–Crippen LogP) is 3.55. The first-order valence-electron chi connectivity index (χ1n) is 9.48. The first kappa shape index (κ1) is 23.8. The van der Waals surface area contributed by atoms with Crippen molar-refractivity contribution in [1.82, 2.24) is 5.06 Å². The Morgan fingerprint density at radius 2 is 1.66 bits per heavy atom. The van der Waals surface area contributed by atoms with Gasteiger partial charge in [-0.05, 0) is 61.4 Å². The van der Waals surface area contributed by atoms with E-state index in [2.05, 4.69) is 4.74 Å². The molecule has 0 unspecified atom stereocenters. The number of carbonyl (C=O) groups is 1. The standard InChI is InChI=1S/C20H20F3NO7S/c21-20(22,23)31-16-5-3-14(4-6-16)30-15-7-9-17(10-8-15)32(27,28)12-18(24(26)13-25)19-2-1-11-29-19/h3-10,13,18-19,26H,1-2,11-12H2/t18-,19+/m1/s1. The van der Waals surface area contributed by atoms with Gasteiger partial charge in [-0.1, -0.05) is 0 Å². The maximum atomic E-state index is 12.8. The van der Waals surface area contributed by atoms with Crippen molar-refractivity contribution in [3.63, 3.8) is 0 Å². The summed E-state index contributed by atoms with van der Waals surface area (Å²) >= 11 is 0. The number of benzene rings is 2. The van der Waals surface area contributed by atoms with Gasteiger partial charge in [0.2, 0.25) is 6.41 Å². The van der Waals surface area contributed by atoms with E-state index in [-0.39, 0.29) is 22.8 Å². The molecule has 1 amide bonds. The minimum absolute atomic E-state index is 0.0546. The van der Waals surface area contributed by atoms with Crippen LogP contribution in [0.5, 0.6) is 17.2 Å². The van der Waals surface area contributed by atoms with Gasteiger partial charge in [-0.15, -0.1) is 13.2 Å². The number of ether oxygens (including phenoxy) is 3. The monoisotopic (exact) mass is 475 g/mol. The zero-order valence-electron chi connectivity index (χ0n) is 16.6. The molecule has 1 heterocycles. The summed E-state index contributed by atoms with van der Waals surface area (Å²) in [6.07, 6.45) is -4.03. The highest BCUT2D eigenvalue weighted by atomic mass is 32.2. The molecular weight excluding hydrogens is 455 g/mol. The Labute approximate surface area is 182 Å². The van der Waals surface area contributed by atoms with Crippen molar-refractivity contribution in [2.24, 2.45) is 0 Å². The van der Waals surface area contributed by atoms with Gasteiger partial charge in [0.1, 0.15) is 17.2 Å². The summed E-state index contributed by atoms with van der Waals surface area (Å²) in [6, 6.07) is 9.01. The highest BCUT2D eigenvalue weighted by Crippen LogP contribution is 2.28. The van der Waals surface area contributed by atoms with Gasteiger partial charge in [0.25, 0.3) is 0 Å². The van der Waals surface area contributed by atoms with Crippen molar-refractivity contribution in [1.29, 1.82) is 0 Å². The number of alkyl halides is 3. The Kier molecular flexibility index (Phi) is 7.26. The molecule has 0 saturated carbocycles. The maximum absolute atomic E-state index is 12.8. The summed E-state index contributed by atoms with van der Waals surface area (Å²) < 4.78 is 76.9. The predicted molar refractivity (Wildman–Crippen MR) is 104 cm³/mol. The summed E-state index contributed by atoms with van der Waals surface area (Å²) in [4.78, 5) is 10.9. The fraction of sp³-hybridized carbons (Fsp3) is 0.350. The van der Waals surface area contributed by atoms with Crippen LogP contribution in [0.2, 0.25) is 0 Å². The van der Waals surface area contributed by atoms with E-state index < -0.39 is 39.8 Å². The Morgan fingerprint density at radius 3 is 2.16 bits per heavy atom. The van der Waals surface area contributed by atoms with Gasteiger partial charge in [-0.2, -0.15) is 0 Å². The lowest BCUT2D eigenvalue weighted by atomic mass is 10.1. The molecule has 2 aromatic rings. The largest absolute Gasteiger partial charge is 0.573 e. The van der Waals surface area contributed by atoms with Crippen molar-refractivity contribution in [3.05, 3.63) is 48.5 Å². The maximum Gasteiger partial charge on any atom is 0.573 e. The summed E-state index contributed by atoms with van der Waals surface area (Å²) in [5.74, 6) is -0.468. The second-order valence-corrected chi connectivity index (χ2v) is 9.01. The molecule has 1 aliphatic rings. The van der Waals surface area contributed by atoms with Crippen LogP contribution in [0.4, 0.5) is 13.2 Å². The number of hydrogen-bond acceptors (Lipinski definition) is 7. The van der Waals surface area contributed by atoms with Crippen LogP contribution in [0, 0.1) is 0 Å². The third kappa shape index (κ3) is 6.34. The number of carbonyl (C=O) groups excluding carboxylic acids is 1. The number of halogens is 3. The van der Waals surface area contributed by atoms with Gasteiger partial charge in [-0.25, -0.2) is 13.5 Å². The van der Waals surface area contributed by atoms with Crippen LogP contribution in [-0.4, -0.2) is 56.0 Å². The number of hydroxylamine groups is 2. The van der Waals surface area contributed by atoms with E-state index in [0.29, 0.717) is 24.5 Å². The molecule has 1 N–H and O–H groups in total. The van der Waals surface area contributed by atoms with Crippen molar-refractivity contribution >= 4 is 16.2 Å². The Hall–Kier alpha value is -2.83. The Bertz CT molecular complexity index is 1000. The fourth-order valence-electron chi connectivity index (χ4n) is 3.22. The molecular formula is C20H20F3NO7S. The molecule has 3 rings (SSSR count). The molecule has 0 radical (unpaired) electrons. The normalized spacial score (nSPS) is 17.6. The highest BCUT2D eigenvalue weighted by Gasteiger charge is 2.35. The molecule has 174 valence electrons. The molecule has 1 saturated heterocycles. The summed E-state index contributed by atoms with van der Waals surface area (Å²) in [5.41, 5.74) is 0. The summed E-state index contributed by atoms with van der Waals surface area (Å²) in [6.45, 7) is 0.420. The van der Waals surface area contributed by atoms with E-state index in [4.69, 9.17) is 9.47 Å². The number of rotatable bonds is 9. The van der Waals surface area contributed by atoms with E-state index in [1.54, 1.807) is 0 Å². The average Bonchev–Trinajstić information content (AvgIpc) is 3.27. The molecule has 0 bridgehead atoms. The quantitative estimate of drug-likeness (QED) is 0.336. The van der Waals surface area contributed by atoms with Crippen molar-refractivity contribution in [2.75, 3.05) is 12.4 Å². The lowest BCUT2D eigenvalue weighted by Gasteiger charge is -2.27. The van der Waals surface area contributed by atoms with Crippen molar-refractivity contribution < 1.29 is 45.8 Å². The van der Waals surface area contributed by atoms with Crippen molar-refractivity contribution in [3.8, 4) is 17.2 Å². The van der Waals surface area contributed by atoms with Crippen molar-refractivity contribution in [2.45, 2.75) is 36.2 Å². The van der Waals surface area contributed by atoms with Crippen LogP contribution < -0.4 is 9.47 Å². The first-order chi connectivity index (χ1) is 15.1. The van der Waals surface area contributed by atoms with Gasteiger partial charge in [0.15, 0.2) is 9.84 Å². The van der Waals surface area contributed by atoms with Crippen LogP contribution in [0.15, 0.2) is 53.4 Å². The second kappa shape index (κ2) is 9.76. The van der Waals surface area contributed by atoms with E-state index >= 15 is 0 Å². The fourth-order valence-corrected chi connectivity index (χ4v) is 4.78. The number of nitrogens with zero attached hydrogens (tertiary/aromatic N) is 1. The number of sulfone groups is 1. The average molecular weight is 475 g/mol. The molecule has 32 heavy (non-hydrogen) atoms. The third-order valence-corrected chi connectivity index (χ3v) is 6.48. The minimum Gasteiger partial charge on any atom is -0.457 e. The molecule has 1 fully saturated rings. The Morgan fingerprint density at radius 1 is 1.09 bits per heavy atom. The van der Waals surface area contributed by atoms with Crippen LogP contribution in [-0.2, 0) is 19.4 Å². The van der Waals surface area contributed by atoms with Gasteiger partial charge < -0.3 is 14.2 Å². The lowest BCUT2D eigenvalue weighted by molar-refractivity contribution is -0.274. The molecule has 12 heteroatoms. The topological polar surface area (TPSA) is 102 Å². The lowest BCUT2D eigenvalue weighted by Crippen LogP contribution is -2.45. The highest BCUT2D eigenvalue weighted by molar-refractivity contribution is 7.91. The molecule has 2 atom stereocenters. The molecule has 1 aliphatic heterocycles. The molecule has 0 spiro atoms. The van der Waals surface area contributed by atoms with Gasteiger partial charge in [0.05, 0.1) is 22.8 Å². The van der Waals surface area contributed by atoms with Crippen LogP contribution >= 0.6 is 0 Å². The molecule has 0 aliphatic carbocycles. The second-order valence-electron chi connectivity index (χ2n) is 6.98. The SMILES string of the molecule is O=CN(O)[C@H](CS(=O)(=O)c1ccc(Oc2ccc(OC(F)(F)F)cc2)cc1)[C@@H]1CCCO1. The van der Waals surface area contributed by atoms with Gasteiger partial charge in [0, 0.05) is 6.61 Å². The van der Waals surface area contributed by atoms with Crippen LogP contribution in [0.25, 0.3) is 0 Å². The van der Waals surface area contributed by atoms with Crippen LogP contribution in [0.3, 0.4) is 0 Å². The van der Waals surface area contributed by atoms with Crippen LogP contribution in [0.1, 0.15) is 12.8 Å². The Balaban J connectivity index is 1.68. The zero-order chi connectivity index (χ0) is 23.4.